The quantitative estimate of drug-likeness (QED) is 0.399. The van der Waals surface area contributed by atoms with E-state index in [1.165, 1.54) is 27.7 Å². The van der Waals surface area contributed by atoms with Crippen LogP contribution in [0.15, 0.2) is 69.9 Å². The van der Waals surface area contributed by atoms with E-state index in [2.05, 4.69) is 20.5 Å². The predicted octanol–water partition coefficient (Wildman–Crippen LogP) is 3.82. The van der Waals surface area contributed by atoms with Crippen LogP contribution in [-0.4, -0.2) is 35.3 Å². The van der Waals surface area contributed by atoms with Gasteiger partial charge in [0.15, 0.2) is 10.3 Å². The second-order valence-corrected chi connectivity index (χ2v) is 9.32. The summed E-state index contributed by atoms with van der Waals surface area (Å²) in [4.78, 5) is 29.9. The maximum absolute atomic E-state index is 12.8. The third kappa shape index (κ3) is 3.57. The second kappa shape index (κ2) is 8.21. The maximum Gasteiger partial charge on any atom is 0.262 e. The first-order valence-corrected chi connectivity index (χ1v) is 11.6. The number of amides is 1. The molecule has 160 valence electrons. The number of rotatable bonds is 5. The van der Waals surface area contributed by atoms with Gasteiger partial charge in [0.2, 0.25) is 11.7 Å². The highest BCUT2D eigenvalue weighted by atomic mass is 32.2. The zero-order valence-electron chi connectivity index (χ0n) is 17.2. The molecule has 0 aliphatic carbocycles. The Morgan fingerprint density at radius 2 is 1.84 bits per heavy atom. The Bertz CT molecular complexity index is 1510. The highest BCUT2D eigenvalue weighted by molar-refractivity contribution is 8.00. The summed E-state index contributed by atoms with van der Waals surface area (Å²) in [6, 6.07) is 17.1. The average molecular weight is 463 g/mol. The van der Waals surface area contributed by atoms with E-state index in [4.69, 9.17) is 0 Å². The topological polar surface area (TPSA) is 94.2 Å². The van der Waals surface area contributed by atoms with Crippen LogP contribution in [0.2, 0.25) is 0 Å². The Balaban J connectivity index is 1.40. The van der Waals surface area contributed by atoms with Crippen LogP contribution < -0.4 is 10.9 Å². The first kappa shape index (κ1) is 20.4. The van der Waals surface area contributed by atoms with E-state index in [0.29, 0.717) is 27.0 Å². The molecule has 0 bridgehead atoms. The zero-order chi connectivity index (χ0) is 22.2. The summed E-state index contributed by atoms with van der Waals surface area (Å²) in [5.41, 5.74) is 2.39. The standard InChI is InChI=1S/C22H18N6O2S2/c1-13(18(29)24-20-23-16(12-31-20)14-8-4-3-5-9-14)32-22-26-25-21-27(2)19(30)15-10-6-7-11-17(15)28(21)22/h3-13H,1-2H3,(H,23,24,29). The molecule has 0 saturated carbocycles. The molecule has 0 spiro atoms. The van der Waals surface area contributed by atoms with Crippen LogP contribution in [0.5, 0.6) is 0 Å². The number of nitrogens with zero attached hydrogens (tertiary/aromatic N) is 5. The Labute approximate surface area is 190 Å². The van der Waals surface area contributed by atoms with Crippen molar-refractivity contribution in [3.8, 4) is 11.3 Å². The van der Waals surface area contributed by atoms with Gasteiger partial charge in [-0.2, -0.15) is 0 Å². The molecule has 3 heterocycles. The van der Waals surface area contributed by atoms with Crippen LogP contribution in [0.25, 0.3) is 27.9 Å². The molecule has 8 nitrogen and oxygen atoms in total. The predicted molar refractivity (Wildman–Crippen MR) is 127 cm³/mol. The third-order valence-electron chi connectivity index (χ3n) is 5.05. The van der Waals surface area contributed by atoms with E-state index >= 15 is 0 Å². The number of aromatic nitrogens is 5. The average Bonchev–Trinajstić information content (AvgIpc) is 3.45. The van der Waals surface area contributed by atoms with E-state index in [1.54, 1.807) is 20.0 Å². The van der Waals surface area contributed by atoms with Crippen molar-refractivity contribution in [2.45, 2.75) is 17.3 Å². The molecule has 1 unspecified atom stereocenters. The van der Waals surface area contributed by atoms with Crippen LogP contribution in [0, 0.1) is 0 Å². The SMILES string of the molecule is CC(Sc1nnc2n(C)c(=O)c3ccccc3n12)C(=O)Nc1nc(-c2ccccc2)cs1. The Morgan fingerprint density at radius 3 is 2.66 bits per heavy atom. The number of aryl methyl sites for hydroxylation is 1. The minimum Gasteiger partial charge on any atom is -0.301 e. The largest absolute Gasteiger partial charge is 0.301 e. The van der Waals surface area contributed by atoms with Crippen LogP contribution in [-0.2, 0) is 11.8 Å². The number of benzene rings is 2. The van der Waals surface area contributed by atoms with Gasteiger partial charge in [-0.3, -0.25) is 18.6 Å². The van der Waals surface area contributed by atoms with Gasteiger partial charge in [-0.1, -0.05) is 54.2 Å². The molecule has 0 aliphatic heterocycles. The lowest BCUT2D eigenvalue weighted by atomic mass is 10.2. The molecule has 10 heteroatoms. The number of thiazole rings is 1. The zero-order valence-corrected chi connectivity index (χ0v) is 18.9. The number of thioether (sulfide) groups is 1. The summed E-state index contributed by atoms with van der Waals surface area (Å²) in [6.07, 6.45) is 0. The highest BCUT2D eigenvalue weighted by Crippen LogP contribution is 2.28. The molecule has 32 heavy (non-hydrogen) atoms. The molecule has 0 fully saturated rings. The first-order valence-electron chi connectivity index (χ1n) is 9.84. The molecule has 1 amide bonds. The van der Waals surface area contributed by atoms with Crippen molar-refractivity contribution >= 4 is 50.8 Å². The van der Waals surface area contributed by atoms with E-state index in [-0.39, 0.29) is 11.5 Å². The monoisotopic (exact) mass is 462 g/mol. The first-order chi connectivity index (χ1) is 15.5. The van der Waals surface area contributed by atoms with Gasteiger partial charge in [-0.15, -0.1) is 21.5 Å². The molecule has 1 atom stereocenters. The van der Waals surface area contributed by atoms with Crippen molar-refractivity contribution in [3.05, 3.63) is 70.3 Å². The van der Waals surface area contributed by atoms with Gasteiger partial charge in [-0.25, -0.2) is 4.98 Å². The summed E-state index contributed by atoms with van der Waals surface area (Å²) in [5, 5.41) is 14.4. The Morgan fingerprint density at radius 1 is 1.09 bits per heavy atom. The number of anilines is 1. The van der Waals surface area contributed by atoms with Gasteiger partial charge in [0.1, 0.15) is 0 Å². The van der Waals surface area contributed by atoms with Crippen molar-refractivity contribution in [2.75, 3.05) is 5.32 Å². The molecule has 1 N–H and O–H groups in total. The lowest BCUT2D eigenvalue weighted by Gasteiger charge is -2.11. The van der Waals surface area contributed by atoms with Gasteiger partial charge >= 0.3 is 0 Å². The molecular weight excluding hydrogens is 444 g/mol. The number of fused-ring (bicyclic) bond motifs is 3. The van der Waals surface area contributed by atoms with Crippen molar-refractivity contribution in [1.82, 2.24) is 24.1 Å². The molecule has 0 saturated heterocycles. The van der Waals surface area contributed by atoms with Crippen LogP contribution in [0.3, 0.4) is 0 Å². The molecular formula is C22H18N6O2S2. The Kier molecular flexibility index (Phi) is 5.24. The minimum atomic E-state index is -0.456. The number of nitrogens with one attached hydrogen (secondary N) is 1. The molecule has 5 aromatic rings. The van der Waals surface area contributed by atoms with Crippen LogP contribution >= 0.6 is 23.1 Å². The summed E-state index contributed by atoms with van der Waals surface area (Å²) in [5.74, 6) is 0.242. The molecule has 3 aromatic heterocycles. The second-order valence-electron chi connectivity index (χ2n) is 7.15. The number of para-hydroxylation sites is 1. The minimum absolute atomic E-state index is 0.138. The van der Waals surface area contributed by atoms with E-state index < -0.39 is 5.25 Å². The van der Waals surface area contributed by atoms with E-state index in [0.717, 1.165) is 11.3 Å². The summed E-state index contributed by atoms with van der Waals surface area (Å²) >= 11 is 2.66. The Hall–Kier alpha value is -3.50. The lowest BCUT2D eigenvalue weighted by molar-refractivity contribution is -0.115. The molecule has 5 rings (SSSR count). The molecule has 0 aliphatic rings. The van der Waals surface area contributed by atoms with Gasteiger partial charge in [0.25, 0.3) is 5.56 Å². The molecule has 0 radical (unpaired) electrons. The number of carbonyl (C=O) groups is 1. The van der Waals surface area contributed by atoms with Gasteiger partial charge < -0.3 is 5.32 Å². The van der Waals surface area contributed by atoms with E-state index in [1.807, 2.05) is 58.3 Å². The highest BCUT2D eigenvalue weighted by Gasteiger charge is 2.21. The smallest absolute Gasteiger partial charge is 0.262 e. The number of carbonyl (C=O) groups excluding carboxylic acids is 1. The van der Waals surface area contributed by atoms with Gasteiger partial charge in [0, 0.05) is 18.0 Å². The van der Waals surface area contributed by atoms with E-state index in [9.17, 15) is 9.59 Å². The van der Waals surface area contributed by atoms with Crippen molar-refractivity contribution in [1.29, 1.82) is 0 Å². The number of hydrogen-bond acceptors (Lipinski definition) is 7. The van der Waals surface area contributed by atoms with Gasteiger partial charge in [-0.05, 0) is 19.1 Å². The number of hydrogen-bond donors (Lipinski definition) is 1. The maximum atomic E-state index is 12.8. The summed E-state index contributed by atoms with van der Waals surface area (Å²) < 4.78 is 3.27. The van der Waals surface area contributed by atoms with Gasteiger partial charge in [0.05, 0.1) is 21.8 Å². The fourth-order valence-electron chi connectivity index (χ4n) is 3.38. The fourth-order valence-corrected chi connectivity index (χ4v) is 4.96. The molecule has 2 aromatic carbocycles. The normalized spacial score (nSPS) is 12.3. The van der Waals surface area contributed by atoms with Crippen molar-refractivity contribution in [3.63, 3.8) is 0 Å². The fraction of sp³-hybridized carbons (Fsp3) is 0.136. The third-order valence-corrected chi connectivity index (χ3v) is 6.85. The van der Waals surface area contributed by atoms with Crippen molar-refractivity contribution in [2.24, 2.45) is 7.05 Å². The lowest BCUT2D eigenvalue weighted by Crippen LogP contribution is -2.23. The summed E-state index contributed by atoms with van der Waals surface area (Å²) in [6.45, 7) is 1.80. The summed E-state index contributed by atoms with van der Waals surface area (Å²) in [7, 11) is 1.66. The van der Waals surface area contributed by atoms with Crippen LogP contribution in [0.1, 0.15) is 6.92 Å². The van der Waals surface area contributed by atoms with Crippen LogP contribution in [0.4, 0.5) is 5.13 Å². The van der Waals surface area contributed by atoms with Crippen molar-refractivity contribution < 1.29 is 4.79 Å².